The van der Waals surface area contributed by atoms with Crippen LogP contribution in [0.1, 0.15) is 25.7 Å². The van der Waals surface area contributed by atoms with Crippen LogP contribution in [0.4, 0.5) is 18.9 Å². The van der Waals surface area contributed by atoms with Gasteiger partial charge in [-0.3, -0.25) is 0 Å². The summed E-state index contributed by atoms with van der Waals surface area (Å²) in [5.74, 6) is -1.24. The van der Waals surface area contributed by atoms with Gasteiger partial charge in [-0.05, 0) is 43.9 Å². The zero-order valence-electron chi connectivity index (χ0n) is 17.9. The molecule has 6 nitrogen and oxygen atoms in total. The number of fused-ring (bicyclic) bond motifs is 1. The molecule has 1 aromatic carbocycles. The lowest BCUT2D eigenvalue weighted by Crippen LogP contribution is -2.36. The number of H-pyrrole nitrogens is 1. The number of rotatable bonds is 4. The molecule has 0 spiro atoms. The van der Waals surface area contributed by atoms with E-state index in [2.05, 4.69) is 19.9 Å². The minimum Gasteiger partial charge on any atom is -0.461 e. The molecule has 1 N–H and O–H groups in total. The van der Waals surface area contributed by atoms with Crippen molar-refractivity contribution in [1.82, 2.24) is 15.0 Å². The number of pyridine rings is 1. The van der Waals surface area contributed by atoms with Gasteiger partial charge in [0.05, 0.1) is 35.4 Å². The fraction of sp³-hybridized carbons (Fsp3) is 0.478. The summed E-state index contributed by atoms with van der Waals surface area (Å²) >= 11 is 6.50. The average molecular weight is 481 g/mol. The molecule has 2 aromatic heterocycles. The average Bonchev–Trinajstić information content (AvgIpc) is 3.20. The van der Waals surface area contributed by atoms with Gasteiger partial charge in [-0.15, -0.1) is 0 Å². The van der Waals surface area contributed by atoms with E-state index in [4.69, 9.17) is 21.1 Å². The highest BCUT2D eigenvalue weighted by Gasteiger charge is 2.41. The van der Waals surface area contributed by atoms with E-state index in [0.717, 1.165) is 37.6 Å². The van der Waals surface area contributed by atoms with E-state index in [1.165, 1.54) is 0 Å². The van der Waals surface area contributed by atoms with Crippen LogP contribution < -0.4 is 9.64 Å². The summed E-state index contributed by atoms with van der Waals surface area (Å²) in [4.78, 5) is 14.3. The molecule has 0 unspecified atom stereocenters. The minimum atomic E-state index is -4.14. The van der Waals surface area contributed by atoms with Crippen molar-refractivity contribution in [2.75, 3.05) is 31.2 Å². The summed E-state index contributed by atoms with van der Waals surface area (Å²) in [6.45, 7) is 3.16. The Bertz CT molecular complexity index is 1110. The molecule has 0 amide bonds. The Morgan fingerprint density at radius 1 is 1.03 bits per heavy atom. The molecular formula is C23H24ClF3N4O2. The van der Waals surface area contributed by atoms with Crippen LogP contribution in [0.5, 0.6) is 6.01 Å². The van der Waals surface area contributed by atoms with Crippen LogP contribution in [0.3, 0.4) is 0 Å². The number of benzene rings is 1. The number of nitrogens with zero attached hydrogens (tertiary/aromatic N) is 3. The van der Waals surface area contributed by atoms with Gasteiger partial charge in [0, 0.05) is 24.3 Å². The number of nitrogens with one attached hydrogen (secondary N) is 1. The Morgan fingerprint density at radius 2 is 1.73 bits per heavy atom. The summed E-state index contributed by atoms with van der Waals surface area (Å²) in [6.07, 6.45) is -3.60. The molecule has 1 aliphatic carbocycles. The maximum absolute atomic E-state index is 12.9. The maximum Gasteiger partial charge on any atom is 0.391 e. The number of aromatic amines is 1. The molecule has 3 heterocycles. The van der Waals surface area contributed by atoms with Crippen LogP contribution in [0, 0.1) is 5.92 Å². The number of hydrogen-bond acceptors (Lipinski definition) is 5. The van der Waals surface area contributed by atoms with Crippen molar-refractivity contribution >= 4 is 28.5 Å². The maximum atomic E-state index is 12.9. The van der Waals surface area contributed by atoms with Gasteiger partial charge in [0.15, 0.2) is 5.65 Å². The summed E-state index contributed by atoms with van der Waals surface area (Å²) in [6, 6.07) is 10.0. The highest BCUT2D eigenvalue weighted by molar-refractivity contribution is 6.33. The predicted octanol–water partition coefficient (Wildman–Crippen LogP) is 5.61. The van der Waals surface area contributed by atoms with E-state index >= 15 is 0 Å². The molecule has 33 heavy (non-hydrogen) atoms. The summed E-state index contributed by atoms with van der Waals surface area (Å²) in [5, 5.41) is 0.475. The molecule has 5 rings (SSSR count). The van der Waals surface area contributed by atoms with Crippen molar-refractivity contribution in [3.8, 4) is 17.3 Å². The molecule has 3 aromatic rings. The zero-order valence-corrected chi connectivity index (χ0v) is 18.6. The van der Waals surface area contributed by atoms with Crippen molar-refractivity contribution in [3.05, 3.63) is 35.4 Å². The molecule has 1 aliphatic heterocycles. The standard InChI is InChI=1S/C23H24ClF3N4O2/c24-18-13-19-21(30-22(28-19)33-17-7-3-15(4-8-17)23(25,26)27)29-20(18)14-1-5-16(6-2-14)31-9-11-32-12-10-31/h1-2,5-6,13,15,17H,3-4,7-12H2,(H,28,29,30). The Morgan fingerprint density at radius 3 is 2.39 bits per heavy atom. The molecule has 0 atom stereocenters. The highest BCUT2D eigenvalue weighted by Crippen LogP contribution is 2.38. The van der Waals surface area contributed by atoms with Gasteiger partial charge < -0.3 is 19.4 Å². The fourth-order valence-electron chi connectivity index (χ4n) is 4.47. The normalized spacial score (nSPS) is 22.0. The molecule has 0 radical (unpaired) electrons. The largest absolute Gasteiger partial charge is 0.461 e. The van der Waals surface area contributed by atoms with Gasteiger partial charge in [0.2, 0.25) is 0 Å². The summed E-state index contributed by atoms with van der Waals surface area (Å²) in [5.41, 5.74) is 3.67. The van der Waals surface area contributed by atoms with E-state index in [0.29, 0.717) is 34.7 Å². The smallest absolute Gasteiger partial charge is 0.391 e. The van der Waals surface area contributed by atoms with Crippen molar-refractivity contribution in [2.45, 2.75) is 38.0 Å². The predicted molar refractivity (Wildman–Crippen MR) is 120 cm³/mol. The number of aromatic nitrogens is 3. The Kier molecular flexibility index (Phi) is 6.09. The summed E-state index contributed by atoms with van der Waals surface area (Å²) < 4.78 is 49.9. The number of alkyl halides is 3. The molecular weight excluding hydrogens is 457 g/mol. The second kappa shape index (κ2) is 9.02. The van der Waals surface area contributed by atoms with Crippen LogP contribution in [-0.4, -0.2) is 53.5 Å². The molecule has 1 saturated heterocycles. The van der Waals surface area contributed by atoms with Crippen molar-refractivity contribution in [3.63, 3.8) is 0 Å². The van der Waals surface area contributed by atoms with Crippen molar-refractivity contribution in [1.29, 1.82) is 0 Å². The first-order valence-electron chi connectivity index (χ1n) is 11.1. The Labute approximate surface area is 194 Å². The van der Waals surface area contributed by atoms with E-state index in [1.54, 1.807) is 6.07 Å². The van der Waals surface area contributed by atoms with Crippen LogP contribution in [0.2, 0.25) is 5.02 Å². The van der Waals surface area contributed by atoms with Crippen LogP contribution in [0.15, 0.2) is 30.3 Å². The lowest BCUT2D eigenvalue weighted by molar-refractivity contribution is -0.185. The zero-order chi connectivity index (χ0) is 23.0. The second-order valence-corrected chi connectivity index (χ2v) is 8.92. The lowest BCUT2D eigenvalue weighted by atomic mass is 9.87. The number of anilines is 1. The Balaban J connectivity index is 1.30. The monoisotopic (exact) mass is 480 g/mol. The van der Waals surface area contributed by atoms with Crippen molar-refractivity contribution < 1.29 is 22.6 Å². The van der Waals surface area contributed by atoms with Crippen LogP contribution in [-0.2, 0) is 4.74 Å². The first kappa shape index (κ1) is 22.3. The third kappa shape index (κ3) is 4.89. The second-order valence-electron chi connectivity index (χ2n) is 8.51. The van der Waals surface area contributed by atoms with E-state index in [-0.39, 0.29) is 25.0 Å². The molecule has 176 valence electrons. The third-order valence-corrected chi connectivity index (χ3v) is 6.63. The number of ether oxygens (including phenoxy) is 2. The van der Waals surface area contributed by atoms with Crippen LogP contribution in [0.25, 0.3) is 22.4 Å². The lowest BCUT2D eigenvalue weighted by Gasteiger charge is -2.29. The molecule has 2 aliphatic rings. The molecule has 2 fully saturated rings. The summed E-state index contributed by atoms with van der Waals surface area (Å²) in [7, 11) is 0. The van der Waals surface area contributed by atoms with Gasteiger partial charge in [-0.25, -0.2) is 4.98 Å². The van der Waals surface area contributed by atoms with E-state index < -0.39 is 12.1 Å². The fourth-order valence-corrected chi connectivity index (χ4v) is 4.73. The Hall–Kier alpha value is -2.52. The molecule has 1 saturated carbocycles. The number of hydrogen-bond donors (Lipinski definition) is 1. The van der Waals surface area contributed by atoms with Crippen molar-refractivity contribution in [2.24, 2.45) is 5.92 Å². The van der Waals surface area contributed by atoms with E-state index in [1.807, 2.05) is 24.3 Å². The van der Waals surface area contributed by atoms with Gasteiger partial charge >= 0.3 is 6.18 Å². The molecule has 10 heteroatoms. The first-order valence-corrected chi connectivity index (χ1v) is 11.5. The highest BCUT2D eigenvalue weighted by atomic mass is 35.5. The van der Waals surface area contributed by atoms with Gasteiger partial charge in [0.25, 0.3) is 6.01 Å². The molecule has 0 bridgehead atoms. The first-order chi connectivity index (χ1) is 15.9. The topological polar surface area (TPSA) is 63.3 Å². The quantitative estimate of drug-likeness (QED) is 0.525. The SMILES string of the molecule is FC(F)(F)C1CCC(Oc2nc3nc(-c4ccc(N5CCOCC5)cc4)c(Cl)cc3[nH]2)CC1. The van der Waals surface area contributed by atoms with E-state index in [9.17, 15) is 13.2 Å². The number of morpholine rings is 1. The van der Waals surface area contributed by atoms with Gasteiger partial charge in [-0.2, -0.15) is 18.2 Å². The number of imidazole rings is 1. The van der Waals surface area contributed by atoms with Gasteiger partial charge in [0.1, 0.15) is 6.10 Å². The minimum absolute atomic E-state index is 0.0725. The van der Waals surface area contributed by atoms with Crippen LogP contribution >= 0.6 is 11.6 Å². The number of halogens is 4. The van der Waals surface area contributed by atoms with Gasteiger partial charge in [-0.1, -0.05) is 23.7 Å². The third-order valence-electron chi connectivity index (χ3n) is 6.34.